The Labute approximate surface area is 280 Å². The minimum Gasteiger partial charge on any atom is -0.465 e. The number of piperazine rings is 1. The van der Waals surface area contributed by atoms with Crippen molar-refractivity contribution in [3.8, 4) is 22.8 Å². The van der Waals surface area contributed by atoms with Gasteiger partial charge in [0.15, 0.2) is 0 Å². The molecule has 5 rings (SSSR count). The molecule has 0 radical (unpaired) electrons. The van der Waals surface area contributed by atoms with Gasteiger partial charge in [0.05, 0.1) is 6.20 Å². The number of aromatic nitrogens is 1. The molecule has 2 heterocycles. The standard InChI is InChI=1S/C36H44FN5O6/c1-36(2,3)48-34(44)40-29-13-11-28(12-14-29)39-32(43)31-22-27(37)23-38-33(31)47-30-6-4-5-26(21-30)25-9-7-24(8-10-25)15-16-41-17-19-42(20-18-41)35(45)46/h4-10,21-23,28-29H,11-20H2,1-3H3,(H,39,43)(H,40,44)(H,45,46). The number of amides is 3. The van der Waals surface area contributed by atoms with Gasteiger partial charge < -0.3 is 30.1 Å². The molecule has 3 amide bonds. The van der Waals surface area contributed by atoms with Crippen LogP contribution in [0, 0.1) is 5.82 Å². The summed E-state index contributed by atoms with van der Waals surface area (Å²) in [4.78, 5) is 44.4. The summed E-state index contributed by atoms with van der Waals surface area (Å²) in [7, 11) is 0. The summed E-state index contributed by atoms with van der Waals surface area (Å²) in [6, 6.07) is 16.6. The summed E-state index contributed by atoms with van der Waals surface area (Å²) in [5.41, 5.74) is 2.51. The molecule has 1 aliphatic heterocycles. The van der Waals surface area contributed by atoms with Gasteiger partial charge in [-0.3, -0.25) is 9.69 Å². The minimum atomic E-state index is -0.860. The van der Waals surface area contributed by atoms with Gasteiger partial charge in [-0.05, 0) is 87.8 Å². The van der Waals surface area contributed by atoms with Crippen LogP contribution in [0.4, 0.5) is 14.0 Å². The van der Waals surface area contributed by atoms with Gasteiger partial charge in [-0.25, -0.2) is 19.0 Å². The zero-order chi connectivity index (χ0) is 34.3. The fourth-order valence-corrected chi connectivity index (χ4v) is 5.95. The maximum atomic E-state index is 14.3. The van der Waals surface area contributed by atoms with E-state index in [1.165, 1.54) is 10.5 Å². The molecule has 12 heteroatoms. The number of benzene rings is 2. The third kappa shape index (κ3) is 9.90. The van der Waals surface area contributed by atoms with Crippen molar-refractivity contribution in [2.24, 2.45) is 0 Å². The average molecular weight is 662 g/mol. The van der Waals surface area contributed by atoms with E-state index in [-0.39, 0.29) is 23.5 Å². The van der Waals surface area contributed by atoms with Gasteiger partial charge >= 0.3 is 12.2 Å². The van der Waals surface area contributed by atoms with Gasteiger partial charge in [0.1, 0.15) is 22.7 Å². The van der Waals surface area contributed by atoms with Crippen molar-refractivity contribution in [2.75, 3.05) is 32.7 Å². The van der Waals surface area contributed by atoms with E-state index in [4.69, 9.17) is 14.6 Å². The highest BCUT2D eigenvalue weighted by Gasteiger charge is 2.27. The Morgan fingerprint density at radius 2 is 1.58 bits per heavy atom. The lowest BCUT2D eigenvalue weighted by Gasteiger charge is -2.33. The number of pyridine rings is 1. The second kappa shape index (κ2) is 15.5. The molecule has 0 atom stereocenters. The van der Waals surface area contributed by atoms with Crippen LogP contribution in [-0.2, 0) is 11.2 Å². The summed E-state index contributed by atoms with van der Waals surface area (Å²) >= 11 is 0. The predicted molar refractivity (Wildman–Crippen MR) is 179 cm³/mol. The Morgan fingerprint density at radius 1 is 0.917 bits per heavy atom. The summed E-state index contributed by atoms with van der Waals surface area (Å²) in [5.74, 6) is -0.657. The second-order valence-corrected chi connectivity index (χ2v) is 13.4. The van der Waals surface area contributed by atoms with Crippen molar-refractivity contribution in [1.82, 2.24) is 25.4 Å². The number of halogens is 1. The largest absolute Gasteiger partial charge is 0.465 e. The molecular weight excluding hydrogens is 617 g/mol. The lowest BCUT2D eigenvalue weighted by atomic mass is 9.91. The zero-order valence-corrected chi connectivity index (χ0v) is 27.7. The first-order valence-corrected chi connectivity index (χ1v) is 16.5. The first-order chi connectivity index (χ1) is 22.9. The number of rotatable bonds is 9. The lowest BCUT2D eigenvalue weighted by Crippen LogP contribution is -2.48. The number of alkyl carbamates (subject to hydrolysis) is 1. The highest BCUT2D eigenvalue weighted by Crippen LogP contribution is 2.29. The van der Waals surface area contributed by atoms with E-state index in [0.717, 1.165) is 49.4 Å². The summed E-state index contributed by atoms with van der Waals surface area (Å²) in [6.07, 6.45) is 3.22. The third-order valence-corrected chi connectivity index (χ3v) is 8.54. The minimum absolute atomic E-state index is 0.00290. The molecule has 2 fully saturated rings. The third-order valence-electron chi connectivity index (χ3n) is 8.54. The van der Waals surface area contributed by atoms with Crippen molar-refractivity contribution in [2.45, 2.75) is 70.6 Å². The molecule has 2 aliphatic rings. The molecule has 1 saturated heterocycles. The van der Waals surface area contributed by atoms with Gasteiger partial charge in [-0.1, -0.05) is 36.4 Å². The topological polar surface area (TPSA) is 133 Å². The van der Waals surface area contributed by atoms with Crippen molar-refractivity contribution in [3.05, 3.63) is 77.7 Å². The fourth-order valence-electron chi connectivity index (χ4n) is 5.95. The molecule has 0 unspecified atom stereocenters. The average Bonchev–Trinajstić information content (AvgIpc) is 3.05. The lowest BCUT2D eigenvalue weighted by molar-refractivity contribution is 0.0487. The summed E-state index contributed by atoms with van der Waals surface area (Å²) < 4.78 is 25.6. The first-order valence-electron chi connectivity index (χ1n) is 16.5. The molecule has 0 spiro atoms. The Morgan fingerprint density at radius 3 is 2.23 bits per heavy atom. The van der Waals surface area contributed by atoms with Gasteiger partial charge in [-0.2, -0.15) is 0 Å². The van der Waals surface area contributed by atoms with Crippen LogP contribution >= 0.6 is 0 Å². The smallest absolute Gasteiger partial charge is 0.407 e. The van der Waals surface area contributed by atoms with Crippen LogP contribution in [0.2, 0.25) is 0 Å². The quantitative estimate of drug-likeness (QED) is 0.251. The van der Waals surface area contributed by atoms with Crippen molar-refractivity contribution >= 4 is 18.1 Å². The van der Waals surface area contributed by atoms with Gasteiger partial charge in [0.25, 0.3) is 5.91 Å². The van der Waals surface area contributed by atoms with Crippen LogP contribution in [-0.4, -0.2) is 88.4 Å². The normalized spacial score (nSPS) is 18.5. The Bertz CT molecular complexity index is 1580. The van der Waals surface area contributed by atoms with Crippen LogP contribution in [0.5, 0.6) is 11.6 Å². The maximum Gasteiger partial charge on any atom is 0.407 e. The Kier molecular flexibility index (Phi) is 11.2. The Balaban J connectivity index is 1.16. The molecule has 11 nitrogen and oxygen atoms in total. The Hall–Kier alpha value is -4.71. The van der Waals surface area contributed by atoms with E-state index in [0.29, 0.717) is 44.5 Å². The molecule has 1 aliphatic carbocycles. The number of carbonyl (C=O) groups is 3. The maximum absolute atomic E-state index is 14.3. The van der Waals surface area contributed by atoms with Gasteiger partial charge in [-0.15, -0.1) is 0 Å². The monoisotopic (exact) mass is 661 g/mol. The first kappa shape index (κ1) is 34.6. The summed E-state index contributed by atoms with van der Waals surface area (Å²) in [5, 5.41) is 15.0. The molecule has 3 N–H and O–H groups in total. The summed E-state index contributed by atoms with van der Waals surface area (Å²) in [6.45, 7) is 8.84. The number of nitrogens with zero attached hydrogens (tertiary/aromatic N) is 3. The number of carbonyl (C=O) groups excluding carboxylic acids is 2. The number of nitrogens with one attached hydrogen (secondary N) is 2. The van der Waals surface area contributed by atoms with E-state index in [1.54, 1.807) is 6.07 Å². The molecule has 2 aromatic carbocycles. The second-order valence-electron chi connectivity index (χ2n) is 13.4. The number of ether oxygens (including phenoxy) is 2. The van der Waals surface area contributed by atoms with Crippen molar-refractivity contribution in [3.63, 3.8) is 0 Å². The molecular formula is C36H44FN5O6. The SMILES string of the molecule is CC(C)(C)OC(=O)NC1CCC(NC(=O)c2cc(F)cnc2Oc2cccc(-c3ccc(CCN4CCN(C(=O)O)CC4)cc3)c2)CC1. The number of hydrogen-bond donors (Lipinski definition) is 3. The van der Waals surface area contributed by atoms with Gasteiger partial charge in [0.2, 0.25) is 5.88 Å². The van der Waals surface area contributed by atoms with Crippen molar-refractivity contribution < 1.29 is 33.4 Å². The van der Waals surface area contributed by atoms with Crippen LogP contribution < -0.4 is 15.4 Å². The van der Waals surface area contributed by atoms with E-state index < -0.39 is 29.5 Å². The molecule has 48 heavy (non-hydrogen) atoms. The van der Waals surface area contributed by atoms with E-state index >= 15 is 0 Å². The van der Waals surface area contributed by atoms with Crippen molar-refractivity contribution in [1.29, 1.82) is 0 Å². The van der Waals surface area contributed by atoms with E-state index in [9.17, 15) is 18.8 Å². The molecule has 1 aromatic heterocycles. The van der Waals surface area contributed by atoms with Crippen LogP contribution in [0.15, 0.2) is 60.8 Å². The molecule has 0 bridgehead atoms. The van der Waals surface area contributed by atoms with Gasteiger partial charge in [0, 0.05) is 44.8 Å². The molecule has 1 saturated carbocycles. The number of carboxylic acid groups (broad SMARTS) is 1. The highest BCUT2D eigenvalue weighted by molar-refractivity contribution is 5.96. The molecule has 256 valence electrons. The van der Waals surface area contributed by atoms with E-state index in [2.05, 4.69) is 32.7 Å². The fraction of sp³-hybridized carbons (Fsp3) is 0.444. The van der Waals surface area contributed by atoms with E-state index in [1.807, 2.05) is 51.1 Å². The zero-order valence-electron chi connectivity index (χ0n) is 27.7. The predicted octanol–water partition coefficient (Wildman–Crippen LogP) is 6.08. The highest BCUT2D eigenvalue weighted by atomic mass is 19.1. The van der Waals surface area contributed by atoms with Crippen LogP contribution in [0.3, 0.4) is 0 Å². The van der Waals surface area contributed by atoms with Crippen LogP contribution in [0.1, 0.15) is 62.4 Å². The molecule has 3 aromatic rings. The van der Waals surface area contributed by atoms with Crippen LogP contribution in [0.25, 0.3) is 11.1 Å². The number of hydrogen-bond acceptors (Lipinski definition) is 7.